The molecule has 0 atom stereocenters. The second-order valence-electron chi connectivity index (χ2n) is 5.36. The third-order valence-corrected chi connectivity index (χ3v) is 3.29. The molecule has 0 aliphatic heterocycles. The van der Waals surface area contributed by atoms with E-state index in [1.807, 2.05) is 0 Å². The Morgan fingerprint density at radius 1 is 0.750 bits per heavy atom. The number of aliphatic carboxylic acids is 1. The minimum absolute atomic E-state index is 0.306. The first-order valence-corrected chi connectivity index (χ1v) is 8.29. The van der Waals surface area contributed by atoms with Gasteiger partial charge in [-0.3, -0.25) is 4.79 Å². The highest BCUT2D eigenvalue weighted by Gasteiger charge is 1.94. The van der Waals surface area contributed by atoms with Gasteiger partial charge < -0.3 is 5.11 Å². The zero-order chi connectivity index (χ0) is 14.9. The molecule has 2 nitrogen and oxygen atoms in total. The van der Waals surface area contributed by atoms with Gasteiger partial charge in [-0.25, -0.2) is 0 Å². The summed E-state index contributed by atoms with van der Waals surface area (Å²) in [5.41, 5.74) is 0. The summed E-state index contributed by atoms with van der Waals surface area (Å²) < 4.78 is 0. The minimum atomic E-state index is -0.682. The van der Waals surface area contributed by atoms with Crippen LogP contribution in [-0.4, -0.2) is 11.1 Å². The fourth-order valence-electron chi connectivity index (χ4n) is 2.05. The Morgan fingerprint density at radius 3 is 1.65 bits per heavy atom. The van der Waals surface area contributed by atoms with E-state index in [0.717, 1.165) is 19.3 Å². The van der Waals surface area contributed by atoms with E-state index >= 15 is 0 Å². The molecule has 0 saturated heterocycles. The van der Waals surface area contributed by atoms with Gasteiger partial charge in [0.05, 0.1) is 0 Å². The van der Waals surface area contributed by atoms with E-state index in [4.69, 9.17) is 5.11 Å². The molecule has 0 rings (SSSR count). The lowest BCUT2D eigenvalue weighted by atomic mass is 10.1. The molecular weight excluding hydrogens is 248 g/mol. The van der Waals surface area contributed by atoms with Crippen LogP contribution < -0.4 is 0 Å². The summed E-state index contributed by atoms with van der Waals surface area (Å²) in [7, 11) is 0. The molecule has 0 saturated carbocycles. The molecular formula is C18H32O2. The zero-order valence-corrected chi connectivity index (χ0v) is 13.2. The van der Waals surface area contributed by atoms with Gasteiger partial charge in [0.2, 0.25) is 0 Å². The standard InChI is InChI=1S/C18H32O2/c1-2-3-4-5-6-7-8-9-10-11-12-13-14-15-16-17-18(19)20/h4-5,12-13H,2-3,6-11,14-17H2,1H3,(H,19,20)/b5-4+,13-12+. The normalized spacial score (nSPS) is 11.7. The summed E-state index contributed by atoms with van der Waals surface area (Å²) in [5.74, 6) is -0.682. The molecule has 0 aromatic carbocycles. The number of carboxylic acid groups (broad SMARTS) is 1. The van der Waals surface area contributed by atoms with Gasteiger partial charge in [0.25, 0.3) is 0 Å². The number of allylic oxidation sites excluding steroid dienone is 4. The van der Waals surface area contributed by atoms with Gasteiger partial charge in [-0.2, -0.15) is 0 Å². The number of carbonyl (C=O) groups is 1. The lowest BCUT2D eigenvalue weighted by Crippen LogP contribution is -1.92. The Hall–Kier alpha value is -1.05. The highest BCUT2D eigenvalue weighted by Crippen LogP contribution is 2.08. The SMILES string of the molecule is CCC/C=C/CCCCCC/C=C/CCCCC(=O)O. The fourth-order valence-corrected chi connectivity index (χ4v) is 2.05. The average Bonchev–Trinajstić information content (AvgIpc) is 2.43. The predicted octanol–water partition coefficient (Wildman–Crippen LogP) is 5.88. The highest BCUT2D eigenvalue weighted by molar-refractivity contribution is 5.66. The van der Waals surface area contributed by atoms with Crippen molar-refractivity contribution < 1.29 is 9.90 Å². The molecule has 0 aromatic rings. The molecule has 0 aliphatic rings. The van der Waals surface area contributed by atoms with Gasteiger partial charge >= 0.3 is 5.97 Å². The summed E-state index contributed by atoms with van der Waals surface area (Å²) in [6.45, 7) is 2.21. The summed E-state index contributed by atoms with van der Waals surface area (Å²) in [4.78, 5) is 10.3. The van der Waals surface area contributed by atoms with Crippen LogP contribution in [0.1, 0.15) is 84.0 Å². The monoisotopic (exact) mass is 280 g/mol. The van der Waals surface area contributed by atoms with E-state index in [-0.39, 0.29) is 0 Å². The van der Waals surface area contributed by atoms with Crippen molar-refractivity contribution in [3.8, 4) is 0 Å². The molecule has 0 aromatic heterocycles. The van der Waals surface area contributed by atoms with Gasteiger partial charge in [0.15, 0.2) is 0 Å². The molecule has 0 fully saturated rings. The molecule has 2 heteroatoms. The summed E-state index contributed by atoms with van der Waals surface area (Å²) in [6, 6.07) is 0. The maximum absolute atomic E-state index is 10.3. The first-order valence-electron chi connectivity index (χ1n) is 8.29. The van der Waals surface area contributed by atoms with E-state index in [1.165, 1.54) is 51.4 Å². The van der Waals surface area contributed by atoms with Crippen LogP contribution in [0.4, 0.5) is 0 Å². The number of hydrogen-bond acceptors (Lipinski definition) is 1. The van der Waals surface area contributed by atoms with Crippen molar-refractivity contribution in [2.24, 2.45) is 0 Å². The minimum Gasteiger partial charge on any atom is -0.481 e. The van der Waals surface area contributed by atoms with Crippen LogP contribution in [0.15, 0.2) is 24.3 Å². The zero-order valence-electron chi connectivity index (χ0n) is 13.2. The maximum atomic E-state index is 10.3. The van der Waals surface area contributed by atoms with Crippen LogP contribution in [0.5, 0.6) is 0 Å². The Kier molecular flexibility index (Phi) is 15.2. The average molecular weight is 280 g/mol. The smallest absolute Gasteiger partial charge is 0.303 e. The number of unbranched alkanes of at least 4 members (excludes halogenated alkanes) is 8. The molecule has 0 unspecified atom stereocenters. The van der Waals surface area contributed by atoms with Gasteiger partial charge in [-0.1, -0.05) is 50.5 Å². The van der Waals surface area contributed by atoms with Crippen molar-refractivity contribution in [2.75, 3.05) is 0 Å². The van der Waals surface area contributed by atoms with Crippen molar-refractivity contribution in [3.05, 3.63) is 24.3 Å². The highest BCUT2D eigenvalue weighted by atomic mass is 16.4. The molecule has 0 heterocycles. The molecule has 0 spiro atoms. The summed E-state index contributed by atoms with van der Waals surface area (Å²) in [5, 5.41) is 8.50. The molecule has 20 heavy (non-hydrogen) atoms. The second-order valence-corrected chi connectivity index (χ2v) is 5.36. The fraction of sp³-hybridized carbons (Fsp3) is 0.722. The van der Waals surface area contributed by atoms with E-state index in [0.29, 0.717) is 6.42 Å². The maximum Gasteiger partial charge on any atom is 0.303 e. The second kappa shape index (κ2) is 16.0. The van der Waals surface area contributed by atoms with Gasteiger partial charge in [0, 0.05) is 6.42 Å². The topological polar surface area (TPSA) is 37.3 Å². The Bertz CT molecular complexity index is 267. The summed E-state index contributed by atoms with van der Waals surface area (Å²) >= 11 is 0. The molecule has 0 aliphatic carbocycles. The number of rotatable bonds is 14. The van der Waals surface area contributed by atoms with Crippen LogP contribution in [-0.2, 0) is 4.79 Å². The third-order valence-electron chi connectivity index (χ3n) is 3.29. The van der Waals surface area contributed by atoms with Crippen molar-refractivity contribution >= 4 is 5.97 Å². The lowest BCUT2D eigenvalue weighted by molar-refractivity contribution is -0.137. The van der Waals surface area contributed by atoms with Gasteiger partial charge in [-0.05, 0) is 51.4 Å². The molecule has 0 radical (unpaired) electrons. The molecule has 0 amide bonds. The number of carboxylic acids is 1. The van der Waals surface area contributed by atoms with Crippen molar-refractivity contribution in [1.82, 2.24) is 0 Å². The van der Waals surface area contributed by atoms with Crippen LogP contribution >= 0.6 is 0 Å². The van der Waals surface area contributed by atoms with Crippen LogP contribution in [0, 0.1) is 0 Å². The molecule has 1 N–H and O–H groups in total. The van der Waals surface area contributed by atoms with Crippen molar-refractivity contribution in [3.63, 3.8) is 0 Å². The van der Waals surface area contributed by atoms with Crippen LogP contribution in [0.2, 0.25) is 0 Å². The quantitative estimate of drug-likeness (QED) is 0.318. The Balaban J connectivity index is 3.13. The van der Waals surface area contributed by atoms with Gasteiger partial charge in [-0.15, -0.1) is 0 Å². The van der Waals surface area contributed by atoms with Gasteiger partial charge in [0.1, 0.15) is 0 Å². The van der Waals surface area contributed by atoms with E-state index in [1.54, 1.807) is 0 Å². The third kappa shape index (κ3) is 16.9. The first-order chi connectivity index (χ1) is 9.77. The summed E-state index contributed by atoms with van der Waals surface area (Å²) in [6.07, 6.45) is 22.3. The first kappa shape index (κ1) is 18.9. The van der Waals surface area contributed by atoms with E-state index in [2.05, 4.69) is 31.2 Å². The lowest BCUT2D eigenvalue weighted by Gasteiger charge is -1.97. The van der Waals surface area contributed by atoms with E-state index < -0.39 is 5.97 Å². The molecule has 116 valence electrons. The number of hydrogen-bond donors (Lipinski definition) is 1. The predicted molar refractivity (Wildman–Crippen MR) is 87.0 cm³/mol. The van der Waals surface area contributed by atoms with Crippen LogP contribution in [0.25, 0.3) is 0 Å². The van der Waals surface area contributed by atoms with Crippen molar-refractivity contribution in [2.45, 2.75) is 84.0 Å². The van der Waals surface area contributed by atoms with E-state index in [9.17, 15) is 4.79 Å². The Labute approximate surface area is 125 Å². The van der Waals surface area contributed by atoms with Crippen molar-refractivity contribution in [1.29, 1.82) is 0 Å². The van der Waals surface area contributed by atoms with Crippen LogP contribution in [0.3, 0.4) is 0 Å². The largest absolute Gasteiger partial charge is 0.481 e. The molecule has 0 bridgehead atoms. The Morgan fingerprint density at radius 2 is 1.20 bits per heavy atom.